The number of pyridine rings is 1. The predicted octanol–water partition coefficient (Wildman–Crippen LogP) is 4.32. The summed E-state index contributed by atoms with van der Waals surface area (Å²) in [7, 11) is 0. The summed E-state index contributed by atoms with van der Waals surface area (Å²) in [5.74, 6) is 0. The van der Waals surface area contributed by atoms with E-state index in [-0.39, 0.29) is 6.03 Å². The van der Waals surface area contributed by atoms with Crippen molar-refractivity contribution in [3.63, 3.8) is 0 Å². The summed E-state index contributed by atoms with van der Waals surface area (Å²) in [6.45, 7) is 0.497. The Morgan fingerprint density at radius 3 is 2.26 bits per heavy atom. The number of para-hydroxylation sites is 1. The van der Waals surface area contributed by atoms with Crippen LogP contribution in [-0.2, 0) is 6.54 Å². The summed E-state index contributed by atoms with van der Waals surface area (Å²) in [4.78, 5) is 18.4. The first-order valence-electron chi connectivity index (χ1n) is 7.40. The maximum absolute atomic E-state index is 12.7. The number of rotatable bonds is 4. The van der Waals surface area contributed by atoms with Gasteiger partial charge in [-0.2, -0.15) is 0 Å². The zero-order valence-electron chi connectivity index (χ0n) is 12.6. The fourth-order valence-electron chi connectivity index (χ4n) is 2.28. The van der Waals surface area contributed by atoms with E-state index in [0.717, 1.165) is 11.3 Å². The average molecular weight is 303 g/mol. The maximum Gasteiger partial charge on any atom is 0.326 e. The summed E-state index contributed by atoms with van der Waals surface area (Å²) in [6.07, 6.45) is 3.30. The molecule has 0 aliphatic carbocycles. The minimum absolute atomic E-state index is 0.187. The minimum atomic E-state index is -0.187. The molecule has 0 aliphatic heterocycles. The fraction of sp³-hybridized carbons (Fsp3) is 0.0526. The van der Waals surface area contributed by atoms with Gasteiger partial charge in [0, 0.05) is 11.9 Å². The van der Waals surface area contributed by atoms with E-state index in [4.69, 9.17) is 0 Å². The van der Waals surface area contributed by atoms with Crippen LogP contribution in [0.15, 0.2) is 85.2 Å². The quantitative estimate of drug-likeness (QED) is 0.780. The molecule has 0 bridgehead atoms. The molecule has 0 atom stereocenters. The first-order chi connectivity index (χ1) is 11.3. The van der Waals surface area contributed by atoms with Gasteiger partial charge in [0.15, 0.2) is 0 Å². The van der Waals surface area contributed by atoms with Crippen LogP contribution >= 0.6 is 0 Å². The van der Waals surface area contributed by atoms with Crippen molar-refractivity contribution >= 4 is 17.4 Å². The highest BCUT2D eigenvalue weighted by atomic mass is 16.2. The molecule has 3 rings (SSSR count). The SMILES string of the molecule is O=C(Nc1cccnc1)N(Cc1ccccc1)c1ccccc1. The van der Waals surface area contributed by atoms with E-state index in [0.29, 0.717) is 12.2 Å². The van der Waals surface area contributed by atoms with Gasteiger partial charge < -0.3 is 5.32 Å². The molecule has 114 valence electrons. The van der Waals surface area contributed by atoms with Crippen LogP contribution in [0.2, 0.25) is 0 Å². The number of anilines is 2. The summed E-state index contributed by atoms with van der Waals surface area (Å²) >= 11 is 0. The van der Waals surface area contributed by atoms with Crippen LogP contribution in [-0.4, -0.2) is 11.0 Å². The summed E-state index contributed by atoms with van der Waals surface area (Å²) < 4.78 is 0. The Bertz CT molecular complexity index is 745. The van der Waals surface area contributed by atoms with Crippen LogP contribution < -0.4 is 10.2 Å². The Morgan fingerprint density at radius 1 is 0.913 bits per heavy atom. The highest BCUT2D eigenvalue weighted by molar-refractivity contribution is 6.01. The molecule has 2 amide bonds. The normalized spacial score (nSPS) is 10.1. The zero-order valence-corrected chi connectivity index (χ0v) is 12.6. The van der Waals surface area contributed by atoms with Gasteiger partial charge in [-0.25, -0.2) is 4.79 Å². The van der Waals surface area contributed by atoms with Crippen LogP contribution in [0.4, 0.5) is 16.2 Å². The highest BCUT2D eigenvalue weighted by Gasteiger charge is 2.16. The van der Waals surface area contributed by atoms with Gasteiger partial charge in [0.05, 0.1) is 18.4 Å². The molecule has 1 N–H and O–H groups in total. The van der Waals surface area contributed by atoms with E-state index < -0.39 is 0 Å². The van der Waals surface area contributed by atoms with Crippen molar-refractivity contribution in [1.29, 1.82) is 0 Å². The fourth-order valence-corrected chi connectivity index (χ4v) is 2.28. The van der Waals surface area contributed by atoms with Crippen molar-refractivity contribution in [3.8, 4) is 0 Å². The van der Waals surface area contributed by atoms with Gasteiger partial charge in [0.2, 0.25) is 0 Å². The van der Waals surface area contributed by atoms with Gasteiger partial charge in [0.25, 0.3) is 0 Å². The van der Waals surface area contributed by atoms with Gasteiger partial charge in [-0.1, -0.05) is 48.5 Å². The van der Waals surface area contributed by atoms with Crippen LogP contribution in [0.25, 0.3) is 0 Å². The van der Waals surface area contributed by atoms with Crippen molar-refractivity contribution in [1.82, 2.24) is 4.98 Å². The Balaban J connectivity index is 1.84. The van der Waals surface area contributed by atoms with E-state index in [2.05, 4.69) is 10.3 Å². The van der Waals surface area contributed by atoms with Gasteiger partial charge >= 0.3 is 6.03 Å². The molecule has 0 unspecified atom stereocenters. The molecule has 4 heteroatoms. The van der Waals surface area contributed by atoms with Crippen molar-refractivity contribution in [2.24, 2.45) is 0 Å². The van der Waals surface area contributed by atoms with E-state index in [1.165, 1.54) is 0 Å². The molecule has 0 spiro atoms. The van der Waals surface area contributed by atoms with Crippen LogP contribution in [0.3, 0.4) is 0 Å². The molecule has 0 radical (unpaired) electrons. The first kappa shape index (κ1) is 14.8. The molecule has 3 aromatic rings. The average Bonchev–Trinajstić information content (AvgIpc) is 2.62. The standard InChI is InChI=1S/C19H17N3O/c23-19(21-17-10-7-13-20-14-17)22(18-11-5-2-6-12-18)15-16-8-3-1-4-9-16/h1-14H,15H2,(H,21,23). The number of nitrogens with one attached hydrogen (secondary N) is 1. The summed E-state index contributed by atoms with van der Waals surface area (Å²) in [5.41, 5.74) is 2.59. The lowest BCUT2D eigenvalue weighted by atomic mass is 10.2. The van der Waals surface area contributed by atoms with Crippen LogP contribution in [0, 0.1) is 0 Å². The number of urea groups is 1. The molecule has 0 saturated heterocycles. The van der Waals surface area contributed by atoms with E-state index in [9.17, 15) is 4.79 Å². The molecule has 0 fully saturated rings. The number of carbonyl (C=O) groups excluding carboxylic acids is 1. The van der Waals surface area contributed by atoms with Gasteiger partial charge in [-0.05, 0) is 29.8 Å². The van der Waals surface area contributed by atoms with Crippen molar-refractivity contribution in [2.45, 2.75) is 6.54 Å². The number of nitrogens with zero attached hydrogens (tertiary/aromatic N) is 2. The molecule has 1 heterocycles. The Morgan fingerprint density at radius 2 is 1.61 bits per heavy atom. The Labute approximate surface area is 135 Å². The van der Waals surface area contributed by atoms with Gasteiger partial charge in [-0.3, -0.25) is 9.88 Å². The van der Waals surface area contributed by atoms with Crippen molar-refractivity contribution < 1.29 is 4.79 Å². The van der Waals surface area contributed by atoms with Crippen LogP contribution in [0.5, 0.6) is 0 Å². The van der Waals surface area contributed by atoms with Crippen molar-refractivity contribution in [3.05, 3.63) is 90.8 Å². The number of amides is 2. The molecule has 0 aliphatic rings. The lowest BCUT2D eigenvalue weighted by molar-refractivity contribution is 0.256. The lowest BCUT2D eigenvalue weighted by Crippen LogP contribution is -2.34. The van der Waals surface area contributed by atoms with Crippen LogP contribution in [0.1, 0.15) is 5.56 Å². The van der Waals surface area contributed by atoms with Gasteiger partial charge in [0.1, 0.15) is 0 Å². The smallest absolute Gasteiger partial charge is 0.306 e. The number of hydrogen-bond acceptors (Lipinski definition) is 2. The topological polar surface area (TPSA) is 45.2 Å². The molecule has 2 aromatic carbocycles. The molecule has 0 saturated carbocycles. The number of carbonyl (C=O) groups is 1. The third-order valence-electron chi connectivity index (χ3n) is 3.41. The lowest BCUT2D eigenvalue weighted by Gasteiger charge is -2.23. The molecule has 1 aromatic heterocycles. The van der Waals surface area contributed by atoms with Crippen molar-refractivity contribution in [2.75, 3.05) is 10.2 Å². The Kier molecular flexibility index (Phi) is 4.64. The highest BCUT2D eigenvalue weighted by Crippen LogP contribution is 2.18. The third-order valence-corrected chi connectivity index (χ3v) is 3.41. The second-order valence-corrected chi connectivity index (χ2v) is 5.08. The largest absolute Gasteiger partial charge is 0.326 e. The second-order valence-electron chi connectivity index (χ2n) is 5.08. The summed E-state index contributed by atoms with van der Waals surface area (Å²) in [6, 6.07) is 23.0. The van der Waals surface area contributed by atoms with E-state index in [1.54, 1.807) is 23.4 Å². The molecule has 4 nitrogen and oxygen atoms in total. The molecule has 23 heavy (non-hydrogen) atoms. The maximum atomic E-state index is 12.7. The monoisotopic (exact) mass is 303 g/mol. The number of aromatic nitrogens is 1. The van der Waals surface area contributed by atoms with E-state index in [1.807, 2.05) is 66.7 Å². The minimum Gasteiger partial charge on any atom is -0.306 e. The van der Waals surface area contributed by atoms with Gasteiger partial charge in [-0.15, -0.1) is 0 Å². The predicted molar refractivity (Wildman–Crippen MR) is 92.3 cm³/mol. The Hall–Kier alpha value is -3.14. The zero-order chi connectivity index (χ0) is 15.9. The summed E-state index contributed by atoms with van der Waals surface area (Å²) in [5, 5.41) is 2.89. The third kappa shape index (κ3) is 3.95. The number of benzene rings is 2. The second kappa shape index (κ2) is 7.22. The first-order valence-corrected chi connectivity index (χ1v) is 7.40. The number of hydrogen-bond donors (Lipinski definition) is 1. The molecular formula is C19H17N3O. The molecular weight excluding hydrogens is 286 g/mol. The van der Waals surface area contributed by atoms with E-state index >= 15 is 0 Å².